The Morgan fingerprint density at radius 3 is 2.44 bits per heavy atom. The fraction of sp³-hybridized carbons (Fsp3) is 0.833. The van der Waals surface area contributed by atoms with Crippen LogP contribution in [-0.4, -0.2) is 24.4 Å². The van der Waals surface area contributed by atoms with Gasteiger partial charge in [-0.1, -0.05) is 0 Å². The van der Waals surface area contributed by atoms with Gasteiger partial charge in [0.15, 0.2) is 5.78 Å². The van der Waals surface area contributed by atoms with E-state index in [1.54, 1.807) is 0 Å². The van der Waals surface area contributed by atoms with Crippen molar-refractivity contribution in [1.29, 1.82) is 0 Å². The quantitative estimate of drug-likeness (QED) is 0.564. The average molecular weight is 151 g/mol. The number of halogens is 1. The minimum absolute atomic E-state index is 0.00755. The molecule has 0 aromatic carbocycles. The molecule has 0 bridgehead atoms. The topological polar surface area (TPSA) is 26.3 Å². The van der Waals surface area contributed by atoms with Gasteiger partial charge in [-0.2, -0.15) is 0 Å². The molecule has 0 radical (unpaired) electrons. The lowest BCUT2D eigenvalue weighted by molar-refractivity contribution is -0.126. The highest BCUT2D eigenvalue weighted by atomic mass is 35.5. The van der Waals surface area contributed by atoms with Crippen LogP contribution in [0.15, 0.2) is 0 Å². The van der Waals surface area contributed by atoms with Crippen LogP contribution in [0.25, 0.3) is 0 Å². The van der Waals surface area contributed by atoms with E-state index in [9.17, 15) is 4.79 Å². The van der Waals surface area contributed by atoms with Crippen molar-refractivity contribution in [3.63, 3.8) is 0 Å². The highest BCUT2D eigenvalue weighted by Gasteiger charge is 2.10. The highest BCUT2D eigenvalue weighted by Crippen LogP contribution is 1.95. The van der Waals surface area contributed by atoms with Gasteiger partial charge in [0.05, 0.1) is 5.88 Å². The van der Waals surface area contributed by atoms with E-state index in [0.29, 0.717) is 6.61 Å². The van der Waals surface area contributed by atoms with Crippen LogP contribution < -0.4 is 0 Å². The largest absolute Gasteiger partial charge is 0.369 e. The van der Waals surface area contributed by atoms with Crippen molar-refractivity contribution in [2.45, 2.75) is 20.0 Å². The predicted octanol–water partition coefficient (Wildman–Crippen LogP) is 1.22. The lowest BCUT2D eigenvalue weighted by atomic mass is 10.3. The van der Waals surface area contributed by atoms with E-state index in [-0.39, 0.29) is 11.7 Å². The zero-order chi connectivity index (χ0) is 7.28. The van der Waals surface area contributed by atoms with E-state index >= 15 is 0 Å². The van der Waals surface area contributed by atoms with Crippen molar-refractivity contribution >= 4 is 17.4 Å². The molecule has 9 heavy (non-hydrogen) atoms. The third-order valence-corrected chi connectivity index (χ3v) is 1.24. The number of alkyl halides is 1. The summed E-state index contributed by atoms with van der Waals surface area (Å²) in [5.74, 6) is 0.246. The molecule has 0 rings (SSSR count). The predicted molar refractivity (Wildman–Crippen MR) is 36.8 cm³/mol. The van der Waals surface area contributed by atoms with Crippen LogP contribution in [0.5, 0.6) is 0 Å². The second kappa shape index (κ2) is 4.77. The second-order valence-corrected chi connectivity index (χ2v) is 2.02. The molecule has 54 valence electrons. The van der Waals surface area contributed by atoms with Gasteiger partial charge in [0.25, 0.3) is 0 Å². The van der Waals surface area contributed by atoms with Crippen molar-refractivity contribution in [1.82, 2.24) is 0 Å². The van der Waals surface area contributed by atoms with Gasteiger partial charge in [0, 0.05) is 6.61 Å². The Hall–Kier alpha value is -0.0800. The van der Waals surface area contributed by atoms with Gasteiger partial charge < -0.3 is 4.74 Å². The summed E-state index contributed by atoms with van der Waals surface area (Å²) >= 11 is 5.40. The lowest BCUT2D eigenvalue weighted by Crippen LogP contribution is -2.23. The second-order valence-electron chi connectivity index (χ2n) is 1.71. The molecular weight excluding hydrogens is 140 g/mol. The van der Waals surface area contributed by atoms with Crippen LogP contribution in [0.3, 0.4) is 0 Å². The Kier molecular flexibility index (Phi) is 4.72. The van der Waals surface area contributed by atoms with Crippen LogP contribution in [0, 0.1) is 0 Å². The molecule has 0 saturated heterocycles. The van der Waals surface area contributed by atoms with Gasteiger partial charge in [-0.15, -0.1) is 11.6 Å². The molecule has 0 heterocycles. The Labute approximate surface area is 60.1 Å². The van der Waals surface area contributed by atoms with Crippen LogP contribution in [0.1, 0.15) is 13.8 Å². The monoisotopic (exact) mass is 150 g/mol. The highest BCUT2D eigenvalue weighted by molar-refractivity contribution is 6.19. The van der Waals surface area contributed by atoms with Crippen molar-refractivity contribution in [2.24, 2.45) is 0 Å². The van der Waals surface area contributed by atoms with Crippen LogP contribution in [0.2, 0.25) is 0 Å². The lowest BCUT2D eigenvalue weighted by Gasteiger charge is -2.08. The zero-order valence-electron chi connectivity index (χ0n) is 5.69. The molecule has 0 spiro atoms. The fourth-order valence-electron chi connectivity index (χ4n) is 0.472. The van der Waals surface area contributed by atoms with Crippen molar-refractivity contribution in [2.75, 3.05) is 12.5 Å². The van der Waals surface area contributed by atoms with Gasteiger partial charge in [-0.3, -0.25) is 4.79 Å². The number of hydrogen-bond acceptors (Lipinski definition) is 2. The average Bonchev–Trinajstić information content (AvgIpc) is 1.82. The van der Waals surface area contributed by atoms with Gasteiger partial charge in [0.2, 0.25) is 0 Å². The molecule has 0 aromatic heterocycles. The van der Waals surface area contributed by atoms with E-state index in [1.165, 1.54) is 6.92 Å². The molecule has 3 heteroatoms. The molecular formula is C6H11ClO2. The maximum absolute atomic E-state index is 10.6. The van der Waals surface area contributed by atoms with E-state index < -0.39 is 6.10 Å². The summed E-state index contributed by atoms with van der Waals surface area (Å²) in [6, 6.07) is 0. The summed E-state index contributed by atoms with van der Waals surface area (Å²) in [7, 11) is 0. The minimum atomic E-state index is -0.406. The summed E-state index contributed by atoms with van der Waals surface area (Å²) in [5.41, 5.74) is 0. The summed E-state index contributed by atoms with van der Waals surface area (Å²) in [6.45, 7) is 3.85. The molecule has 0 fully saturated rings. The normalized spacial score (nSPS) is 13.2. The minimum Gasteiger partial charge on any atom is -0.369 e. The first-order valence-electron chi connectivity index (χ1n) is 2.90. The Morgan fingerprint density at radius 2 is 2.33 bits per heavy atom. The Balaban J connectivity index is 3.54. The van der Waals surface area contributed by atoms with E-state index in [2.05, 4.69) is 0 Å². The maximum atomic E-state index is 10.6. The zero-order valence-corrected chi connectivity index (χ0v) is 6.44. The molecule has 0 saturated carbocycles. The molecule has 2 nitrogen and oxygen atoms in total. The van der Waals surface area contributed by atoms with Gasteiger partial charge in [-0.25, -0.2) is 0 Å². The van der Waals surface area contributed by atoms with Gasteiger partial charge in [-0.05, 0) is 13.8 Å². The third kappa shape index (κ3) is 3.49. The molecule has 0 aromatic rings. The fourth-order valence-corrected chi connectivity index (χ4v) is 0.778. The molecule has 0 amide bonds. The molecule has 0 N–H and O–H groups in total. The number of hydrogen-bond donors (Lipinski definition) is 0. The summed E-state index contributed by atoms with van der Waals surface area (Å²) in [4.78, 5) is 10.6. The van der Waals surface area contributed by atoms with Crippen molar-refractivity contribution < 1.29 is 9.53 Å². The number of ketones is 1. The molecule has 0 aliphatic carbocycles. The SMILES string of the molecule is CCOC(CCl)C(C)=O. The van der Waals surface area contributed by atoms with E-state index in [0.717, 1.165) is 0 Å². The Morgan fingerprint density at radius 1 is 1.78 bits per heavy atom. The summed E-state index contributed by atoms with van der Waals surface area (Å²) < 4.78 is 4.97. The first-order chi connectivity index (χ1) is 4.22. The van der Waals surface area contributed by atoms with Gasteiger partial charge >= 0.3 is 0 Å². The smallest absolute Gasteiger partial charge is 0.159 e. The third-order valence-electron chi connectivity index (χ3n) is 0.961. The molecule has 1 unspecified atom stereocenters. The van der Waals surface area contributed by atoms with Crippen molar-refractivity contribution in [3.05, 3.63) is 0 Å². The standard InChI is InChI=1S/C6H11ClO2/c1-3-9-6(4-7)5(2)8/h6H,3-4H2,1-2H3. The Bertz CT molecular complexity index is 93.1. The maximum Gasteiger partial charge on any atom is 0.159 e. The first kappa shape index (κ1) is 8.92. The van der Waals surface area contributed by atoms with E-state index in [4.69, 9.17) is 16.3 Å². The van der Waals surface area contributed by atoms with Crippen LogP contribution in [-0.2, 0) is 9.53 Å². The van der Waals surface area contributed by atoms with Crippen LogP contribution in [0.4, 0.5) is 0 Å². The number of carbonyl (C=O) groups is 1. The van der Waals surface area contributed by atoms with E-state index in [1.807, 2.05) is 6.92 Å². The molecule has 1 atom stereocenters. The molecule has 0 aliphatic rings. The number of Topliss-reactive ketones (excluding diaryl/α,β-unsaturated/α-hetero) is 1. The number of ether oxygens (including phenoxy) is 1. The first-order valence-corrected chi connectivity index (χ1v) is 3.43. The van der Waals surface area contributed by atoms with Crippen LogP contribution >= 0.6 is 11.6 Å². The number of carbonyl (C=O) groups excluding carboxylic acids is 1. The summed E-state index contributed by atoms with van der Waals surface area (Å²) in [5, 5.41) is 0. The van der Waals surface area contributed by atoms with Gasteiger partial charge in [0.1, 0.15) is 6.10 Å². The summed E-state index contributed by atoms with van der Waals surface area (Å²) in [6.07, 6.45) is -0.406. The molecule has 0 aliphatic heterocycles. The number of rotatable bonds is 4. The van der Waals surface area contributed by atoms with Crippen molar-refractivity contribution in [3.8, 4) is 0 Å².